The standard InChI is InChI=1S/C16H13Cl2N3O3S/c1-25(23,24)21(16-12(17)6-4-7-13(16)18)10-15(22)20-14-8-3-2-5-11(14)9-19/h2-8H,10H2,1H3,(H,20,22). The SMILES string of the molecule is CS(=O)(=O)N(CC(=O)Nc1ccccc1C#N)c1c(Cl)cccc1Cl. The van der Waals surface area contributed by atoms with Gasteiger partial charge >= 0.3 is 0 Å². The number of rotatable bonds is 5. The van der Waals surface area contributed by atoms with Crippen molar-refractivity contribution >= 4 is 50.5 Å². The fourth-order valence-corrected chi connectivity index (χ4v) is 3.68. The highest BCUT2D eigenvalue weighted by Gasteiger charge is 2.25. The number of carbonyl (C=O) groups excluding carboxylic acids is 1. The van der Waals surface area contributed by atoms with Crippen LogP contribution < -0.4 is 9.62 Å². The Kier molecular flexibility index (Phi) is 5.90. The predicted octanol–water partition coefficient (Wildman–Crippen LogP) is 3.27. The quantitative estimate of drug-likeness (QED) is 0.837. The van der Waals surface area contributed by atoms with Crippen LogP contribution in [0.5, 0.6) is 0 Å². The highest BCUT2D eigenvalue weighted by Crippen LogP contribution is 2.34. The average molecular weight is 398 g/mol. The molecule has 130 valence electrons. The zero-order chi connectivity index (χ0) is 18.6. The third kappa shape index (κ3) is 4.63. The zero-order valence-corrected chi connectivity index (χ0v) is 15.4. The predicted molar refractivity (Wildman–Crippen MR) is 98.4 cm³/mol. The Balaban J connectivity index is 2.33. The van der Waals surface area contributed by atoms with Gasteiger partial charge in [0.1, 0.15) is 12.6 Å². The fraction of sp³-hybridized carbons (Fsp3) is 0.125. The first-order valence-electron chi connectivity index (χ1n) is 6.94. The molecule has 0 saturated heterocycles. The van der Waals surface area contributed by atoms with Crippen molar-refractivity contribution in [3.8, 4) is 6.07 Å². The summed E-state index contributed by atoms with van der Waals surface area (Å²) in [4.78, 5) is 12.3. The van der Waals surface area contributed by atoms with Crippen LogP contribution in [0.2, 0.25) is 10.0 Å². The monoisotopic (exact) mass is 397 g/mol. The topological polar surface area (TPSA) is 90.3 Å². The lowest BCUT2D eigenvalue weighted by atomic mass is 10.2. The highest BCUT2D eigenvalue weighted by molar-refractivity contribution is 7.92. The van der Waals surface area contributed by atoms with Gasteiger partial charge in [-0.1, -0.05) is 41.4 Å². The highest BCUT2D eigenvalue weighted by atomic mass is 35.5. The first-order chi connectivity index (χ1) is 11.7. The first-order valence-corrected chi connectivity index (χ1v) is 9.55. The molecular weight excluding hydrogens is 385 g/mol. The van der Waals surface area contributed by atoms with Crippen LogP contribution in [0.4, 0.5) is 11.4 Å². The Morgan fingerprint density at radius 1 is 1.16 bits per heavy atom. The maximum atomic E-state index is 12.3. The number of para-hydroxylation sites is 2. The van der Waals surface area contributed by atoms with E-state index in [4.69, 9.17) is 28.5 Å². The summed E-state index contributed by atoms with van der Waals surface area (Å²) in [7, 11) is -3.83. The molecule has 0 bridgehead atoms. The number of benzene rings is 2. The van der Waals surface area contributed by atoms with E-state index in [1.54, 1.807) is 24.3 Å². The fourth-order valence-electron chi connectivity index (χ4n) is 2.10. The number of hydrogen-bond donors (Lipinski definition) is 1. The molecule has 0 saturated carbocycles. The number of nitriles is 1. The molecule has 0 aliphatic carbocycles. The van der Waals surface area contributed by atoms with E-state index in [0.717, 1.165) is 10.6 Å². The van der Waals surface area contributed by atoms with Crippen molar-refractivity contribution < 1.29 is 13.2 Å². The summed E-state index contributed by atoms with van der Waals surface area (Å²) in [6.07, 6.45) is 0.948. The van der Waals surface area contributed by atoms with E-state index in [9.17, 15) is 13.2 Å². The number of anilines is 2. The van der Waals surface area contributed by atoms with Crippen LogP contribution in [0.3, 0.4) is 0 Å². The molecule has 2 aromatic rings. The van der Waals surface area contributed by atoms with Gasteiger partial charge in [0.25, 0.3) is 0 Å². The minimum atomic E-state index is -3.83. The van der Waals surface area contributed by atoms with Crippen molar-refractivity contribution in [1.82, 2.24) is 0 Å². The second-order valence-electron chi connectivity index (χ2n) is 5.05. The van der Waals surface area contributed by atoms with Gasteiger partial charge in [-0.3, -0.25) is 9.10 Å². The molecule has 6 nitrogen and oxygen atoms in total. The van der Waals surface area contributed by atoms with Crippen LogP contribution in [0.15, 0.2) is 42.5 Å². The molecule has 2 aromatic carbocycles. The van der Waals surface area contributed by atoms with Crippen molar-refractivity contribution in [3.05, 3.63) is 58.1 Å². The largest absolute Gasteiger partial charge is 0.323 e. The molecule has 25 heavy (non-hydrogen) atoms. The Morgan fingerprint density at radius 2 is 1.76 bits per heavy atom. The Bertz CT molecular complexity index is 935. The summed E-state index contributed by atoms with van der Waals surface area (Å²) in [5, 5.41) is 11.8. The number of sulfonamides is 1. The van der Waals surface area contributed by atoms with Gasteiger partial charge in [-0.05, 0) is 24.3 Å². The maximum absolute atomic E-state index is 12.3. The van der Waals surface area contributed by atoms with Crippen LogP contribution in [0.25, 0.3) is 0 Å². The number of carbonyl (C=O) groups is 1. The molecule has 0 aliphatic heterocycles. The van der Waals surface area contributed by atoms with Gasteiger partial charge in [0, 0.05) is 0 Å². The van der Waals surface area contributed by atoms with Crippen LogP contribution in [-0.4, -0.2) is 27.1 Å². The minimum absolute atomic E-state index is 0.0250. The number of amides is 1. The molecule has 1 amide bonds. The third-order valence-corrected chi connectivity index (χ3v) is 4.92. The van der Waals surface area contributed by atoms with E-state index in [-0.39, 0.29) is 27.0 Å². The van der Waals surface area contributed by atoms with Crippen molar-refractivity contribution in [1.29, 1.82) is 5.26 Å². The van der Waals surface area contributed by atoms with Crippen molar-refractivity contribution in [2.45, 2.75) is 0 Å². The van der Waals surface area contributed by atoms with E-state index in [1.807, 2.05) is 6.07 Å². The van der Waals surface area contributed by atoms with Gasteiger partial charge < -0.3 is 5.32 Å². The molecule has 0 atom stereocenters. The number of nitrogens with zero attached hydrogens (tertiary/aromatic N) is 2. The van der Waals surface area contributed by atoms with Crippen molar-refractivity contribution in [3.63, 3.8) is 0 Å². The Hall–Kier alpha value is -2.27. The van der Waals surface area contributed by atoms with E-state index >= 15 is 0 Å². The molecule has 0 heterocycles. The molecule has 0 fully saturated rings. The molecular formula is C16H13Cl2N3O3S. The van der Waals surface area contributed by atoms with Crippen molar-refractivity contribution in [2.24, 2.45) is 0 Å². The van der Waals surface area contributed by atoms with Gasteiger partial charge in [0.2, 0.25) is 15.9 Å². The van der Waals surface area contributed by atoms with Crippen LogP contribution in [0, 0.1) is 11.3 Å². The normalized spacial score (nSPS) is 10.8. The molecule has 9 heteroatoms. The second kappa shape index (κ2) is 7.74. The van der Waals surface area contributed by atoms with Crippen LogP contribution >= 0.6 is 23.2 Å². The number of halogens is 2. The summed E-state index contributed by atoms with van der Waals surface area (Å²) in [6, 6.07) is 12.8. The van der Waals surface area contributed by atoms with Gasteiger partial charge in [-0.15, -0.1) is 0 Å². The molecule has 0 radical (unpaired) electrons. The van der Waals surface area contributed by atoms with Gasteiger partial charge in [0.05, 0.1) is 33.2 Å². The summed E-state index contributed by atoms with van der Waals surface area (Å²) in [5.41, 5.74) is 0.572. The lowest BCUT2D eigenvalue weighted by molar-refractivity contribution is -0.114. The van der Waals surface area contributed by atoms with Crippen molar-refractivity contribution in [2.75, 3.05) is 22.4 Å². The zero-order valence-electron chi connectivity index (χ0n) is 13.0. The molecule has 0 aliphatic rings. The molecule has 2 rings (SSSR count). The van der Waals surface area contributed by atoms with E-state index in [2.05, 4.69) is 5.32 Å². The molecule has 1 N–H and O–H groups in total. The minimum Gasteiger partial charge on any atom is -0.323 e. The molecule has 0 unspecified atom stereocenters. The molecule has 0 spiro atoms. The average Bonchev–Trinajstić information content (AvgIpc) is 2.53. The maximum Gasteiger partial charge on any atom is 0.245 e. The summed E-state index contributed by atoms with van der Waals surface area (Å²) in [6.45, 7) is -0.540. The smallest absolute Gasteiger partial charge is 0.245 e. The van der Waals surface area contributed by atoms with Gasteiger partial charge in [-0.25, -0.2) is 8.42 Å². The lowest BCUT2D eigenvalue weighted by Crippen LogP contribution is -2.38. The first kappa shape index (κ1) is 19.1. The summed E-state index contributed by atoms with van der Waals surface area (Å²) >= 11 is 12.1. The summed E-state index contributed by atoms with van der Waals surface area (Å²) < 4.78 is 25.1. The Morgan fingerprint density at radius 3 is 2.32 bits per heavy atom. The third-order valence-electron chi connectivity index (χ3n) is 3.20. The van der Waals surface area contributed by atoms with E-state index in [0.29, 0.717) is 0 Å². The summed E-state index contributed by atoms with van der Waals surface area (Å²) in [5.74, 6) is -0.635. The van der Waals surface area contributed by atoms with Gasteiger partial charge in [0.15, 0.2) is 0 Å². The Labute approximate surface area is 155 Å². The second-order valence-corrected chi connectivity index (χ2v) is 7.77. The van der Waals surface area contributed by atoms with Gasteiger partial charge in [-0.2, -0.15) is 5.26 Å². The number of nitrogens with one attached hydrogen (secondary N) is 1. The molecule has 0 aromatic heterocycles. The van der Waals surface area contributed by atoms with E-state index in [1.165, 1.54) is 18.2 Å². The van der Waals surface area contributed by atoms with E-state index < -0.39 is 22.5 Å². The number of hydrogen-bond acceptors (Lipinski definition) is 4. The van der Waals surface area contributed by atoms with Crippen LogP contribution in [0.1, 0.15) is 5.56 Å². The lowest BCUT2D eigenvalue weighted by Gasteiger charge is -2.24. The van der Waals surface area contributed by atoms with Crippen LogP contribution in [-0.2, 0) is 14.8 Å².